The van der Waals surface area contributed by atoms with Crippen molar-refractivity contribution in [3.8, 4) is 34.2 Å². The molecule has 6 aromatic rings. The number of halogens is 2. The van der Waals surface area contributed by atoms with Crippen molar-refractivity contribution in [1.29, 1.82) is 0 Å². The summed E-state index contributed by atoms with van der Waals surface area (Å²) in [5, 5.41) is 0. The Balaban J connectivity index is -0.000000794. The third-order valence-electron chi connectivity index (χ3n) is 8.94. The van der Waals surface area contributed by atoms with Gasteiger partial charge in [0.2, 0.25) is 0 Å². The third-order valence-corrected chi connectivity index (χ3v) is 8.94. The first-order valence-corrected chi connectivity index (χ1v) is 28.7. The molecule has 0 unspecified atom stereocenters. The van der Waals surface area contributed by atoms with Crippen molar-refractivity contribution in [1.82, 2.24) is 29.9 Å². The van der Waals surface area contributed by atoms with Crippen molar-refractivity contribution in [2.45, 2.75) is 105 Å². The number of pyridine rings is 6. The summed E-state index contributed by atoms with van der Waals surface area (Å²) >= 11 is 9.72. The van der Waals surface area contributed by atoms with E-state index in [1.165, 1.54) is 22.3 Å². The first-order valence-electron chi connectivity index (χ1n) is 18.8. The zero-order chi connectivity index (χ0) is 43.9. The number of aromatic nitrogens is 6. The molecular formula is C52H70Br2N6Pt2-6. The van der Waals surface area contributed by atoms with Gasteiger partial charge in [-0.1, -0.05) is 83.1 Å². The smallest absolute Gasteiger partial charge is 0.0207 e. The molecule has 62 heavy (non-hydrogen) atoms. The van der Waals surface area contributed by atoms with Crippen LogP contribution < -0.4 is 0 Å². The van der Waals surface area contributed by atoms with Crippen LogP contribution in [0.1, 0.15) is 116 Å². The van der Waals surface area contributed by atoms with Crippen LogP contribution in [0.4, 0.5) is 0 Å². The Kier molecular flexibility index (Phi) is 29.3. The molecule has 6 rings (SSSR count). The second kappa shape index (κ2) is 28.7. The molecule has 0 saturated carbocycles. The number of rotatable bonds is 3. The van der Waals surface area contributed by atoms with E-state index in [0.717, 1.165) is 45.3 Å². The molecule has 10 heteroatoms. The molecule has 0 bridgehead atoms. The molecule has 6 nitrogen and oxygen atoms in total. The maximum absolute atomic E-state index is 4.48. The van der Waals surface area contributed by atoms with Crippen LogP contribution in [0.2, 0.25) is 0 Å². The largest absolute Gasteiger partial charge is 0.358 e. The van der Waals surface area contributed by atoms with E-state index in [-0.39, 0.29) is 51.4 Å². The monoisotopic (exact) mass is 1330 g/mol. The van der Waals surface area contributed by atoms with Crippen LogP contribution in [0.25, 0.3) is 34.2 Å². The Labute approximate surface area is 414 Å². The molecule has 0 N–H and O–H groups in total. The van der Waals surface area contributed by atoms with Gasteiger partial charge in [-0.3, -0.25) is 29.9 Å². The van der Waals surface area contributed by atoms with Gasteiger partial charge in [0.25, 0.3) is 0 Å². The minimum absolute atomic E-state index is 0. The fraction of sp³-hybridized carbons (Fsp3) is 0.308. The average Bonchev–Trinajstić information content (AvgIpc) is 3.19. The SMILES string of the molecule is CC(C)(C)c1ccnc(-c2cc(C(C)(C)C)ccn2)c1.CC(C)(C)c1ccnc(-c2cc(C(C)(C)C)ccn2)c1.[Br][Pt].[Br][Pt].[CH2-]c1ccnc(-c2cc([CH2-])ccn2)c1.[CH3-].[CH3-].[CH3-].[CH3-]. The summed E-state index contributed by atoms with van der Waals surface area (Å²) in [6.07, 6.45) is 11.0. The van der Waals surface area contributed by atoms with Gasteiger partial charge in [0, 0.05) is 36.2 Å². The predicted octanol–water partition coefficient (Wildman–Crippen LogP) is 15.5. The molecule has 348 valence electrons. The molecule has 0 aliphatic rings. The minimum Gasteiger partial charge on any atom is -0.358 e. The summed E-state index contributed by atoms with van der Waals surface area (Å²) in [5.74, 6) is 0. The molecule has 6 heterocycles. The van der Waals surface area contributed by atoms with Crippen molar-refractivity contribution in [2.75, 3.05) is 0 Å². The van der Waals surface area contributed by atoms with Crippen LogP contribution in [0.15, 0.2) is 110 Å². The summed E-state index contributed by atoms with van der Waals surface area (Å²) in [4.78, 5) is 26.4. The van der Waals surface area contributed by atoms with Gasteiger partial charge in [-0.25, -0.2) is 0 Å². The summed E-state index contributed by atoms with van der Waals surface area (Å²) in [5.41, 5.74) is 13.0. The third kappa shape index (κ3) is 20.7. The van der Waals surface area contributed by atoms with E-state index >= 15 is 0 Å². The number of hydrogen-bond donors (Lipinski definition) is 0. The van der Waals surface area contributed by atoms with E-state index in [1.807, 2.05) is 84.6 Å². The van der Waals surface area contributed by atoms with Crippen molar-refractivity contribution in [2.24, 2.45) is 0 Å². The Bertz CT molecular complexity index is 1900. The van der Waals surface area contributed by atoms with E-state index in [9.17, 15) is 0 Å². The van der Waals surface area contributed by atoms with Gasteiger partial charge in [-0.15, -0.1) is 24.3 Å². The summed E-state index contributed by atoms with van der Waals surface area (Å²) < 4.78 is 0. The van der Waals surface area contributed by atoms with Gasteiger partial charge in [-0.05, 0) is 105 Å². The van der Waals surface area contributed by atoms with Crippen LogP contribution >= 0.6 is 26.6 Å². The Morgan fingerprint density at radius 2 is 0.484 bits per heavy atom. The van der Waals surface area contributed by atoms with Gasteiger partial charge in [0.15, 0.2) is 0 Å². The molecule has 6 aromatic heterocycles. The second-order valence-corrected chi connectivity index (χ2v) is 17.8. The van der Waals surface area contributed by atoms with Crippen LogP contribution in [0, 0.1) is 43.6 Å². The molecule has 0 spiro atoms. The summed E-state index contributed by atoms with van der Waals surface area (Å²) in [6, 6.07) is 24.4. The molecule has 0 radical (unpaired) electrons. The summed E-state index contributed by atoms with van der Waals surface area (Å²) in [7, 11) is 0. The Morgan fingerprint density at radius 1 is 0.323 bits per heavy atom. The van der Waals surface area contributed by atoms with Gasteiger partial charge >= 0.3 is 62.1 Å². The van der Waals surface area contributed by atoms with E-state index in [1.54, 1.807) is 12.4 Å². The van der Waals surface area contributed by atoms with Crippen molar-refractivity contribution in [3.63, 3.8) is 0 Å². The van der Waals surface area contributed by atoms with Crippen LogP contribution in [-0.4, -0.2) is 29.9 Å². The Morgan fingerprint density at radius 3 is 0.645 bits per heavy atom. The number of hydrogen-bond acceptors (Lipinski definition) is 6. The van der Waals surface area contributed by atoms with Crippen LogP contribution in [0.5, 0.6) is 0 Å². The van der Waals surface area contributed by atoms with Crippen molar-refractivity contribution in [3.05, 3.63) is 187 Å². The van der Waals surface area contributed by atoms with E-state index in [2.05, 4.69) is 202 Å². The first-order chi connectivity index (χ1) is 27.1. The molecule has 0 atom stereocenters. The summed E-state index contributed by atoms with van der Waals surface area (Å²) in [6.45, 7) is 34.3. The first kappa shape index (κ1) is 63.3. The van der Waals surface area contributed by atoms with Crippen LogP contribution in [0.3, 0.4) is 0 Å². The van der Waals surface area contributed by atoms with Crippen LogP contribution in [-0.2, 0) is 57.2 Å². The average molecular weight is 1330 g/mol. The van der Waals surface area contributed by atoms with E-state index < -0.39 is 0 Å². The topological polar surface area (TPSA) is 77.3 Å². The van der Waals surface area contributed by atoms with Crippen molar-refractivity contribution >= 4 is 26.6 Å². The molecule has 0 aliphatic carbocycles. The van der Waals surface area contributed by atoms with Gasteiger partial charge in [0.1, 0.15) is 0 Å². The normalized spacial score (nSPS) is 10.5. The molecule has 0 aromatic carbocycles. The molecule has 0 amide bonds. The quantitative estimate of drug-likeness (QED) is 0.164. The zero-order valence-electron chi connectivity index (χ0n) is 39.9. The maximum Gasteiger partial charge on any atom is 0.0207 e. The van der Waals surface area contributed by atoms with E-state index in [0.29, 0.717) is 0 Å². The maximum atomic E-state index is 4.48. The predicted molar refractivity (Wildman–Crippen MR) is 270 cm³/mol. The van der Waals surface area contributed by atoms with Crippen molar-refractivity contribution < 1.29 is 35.5 Å². The molecule has 0 aliphatic heterocycles. The minimum atomic E-state index is 0. The standard InChI is InChI=1S/2C18H24N2.C12H10N2.4CH3.2BrH.2Pt/c2*1-17(2,3)13-7-9-19-15(11-13)16-12-14(8-10-20-16)18(4,5)6;1-9-3-5-13-11(7-9)12-8-10(2)4-6-14-12;;;;;;;;/h2*7-12H,1-6H3;3-8H,1-2H2;4*1H3;2*1H;;/q;;-2;4*-1;;;2*+1/p-2. The molecular weight excluding hydrogens is 1260 g/mol. The fourth-order valence-electron chi connectivity index (χ4n) is 5.38. The molecule has 0 fully saturated rings. The molecule has 0 saturated heterocycles. The van der Waals surface area contributed by atoms with Gasteiger partial charge < -0.3 is 29.7 Å². The van der Waals surface area contributed by atoms with Gasteiger partial charge in [-0.2, -0.15) is 25.0 Å². The second-order valence-electron chi connectivity index (χ2n) is 17.8. The van der Waals surface area contributed by atoms with E-state index in [4.69, 9.17) is 0 Å². The number of nitrogens with zero attached hydrogens (tertiary/aromatic N) is 6. The zero-order valence-corrected chi connectivity index (χ0v) is 47.6. The Hall–Kier alpha value is -3.02. The van der Waals surface area contributed by atoms with Gasteiger partial charge in [0.05, 0.1) is 22.8 Å². The fourth-order valence-corrected chi connectivity index (χ4v) is 5.38.